The van der Waals surface area contributed by atoms with E-state index in [2.05, 4.69) is 15.0 Å². The predicted octanol–water partition coefficient (Wildman–Crippen LogP) is 4.22. The lowest BCUT2D eigenvalue weighted by Gasteiger charge is -2.08. The molecule has 0 aliphatic heterocycles. The molecule has 1 aromatic heterocycles. The molecule has 0 unspecified atom stereocenters. The summed E-state index contributed by atoms with van der Waals surface area (Å²) in [6, 6.07) is 17.3. The summed E-state index contributed by atoms with van der Waals surface area (Å²) in [5.74, 6) is 0.449. The van der Waals surface area contributed by atoms with E-state index in [1.807, 2.05) is 31.2 Å². The molecule has 6 heteroatoms. The number of rotatable bonds is 5. The smallest absolute Gasteiger partial charge is 0.337 e. The van der Waals surface area contributed by atoms with Gasteiger partial charge >= 0.3 is 5.97 Å². The first-order valence-corrected chi connectivity index (χ1v) is 8.25. The zero-order valence-corrected chi connectivity index (χ0v) is 14.9. The molecule has 0 saturated carbocycles. The number of amides is 1. The second kappa shape index (κ2) is 8.14. The van der Waals surface area contributed by atoms with Gasteiger partial charge in [0.25, 0.3) is 5.91 Å². The van der Waals surface area contributed by atoms with Crippen molar-refractivity contribution in [2.75, 3.05) is 12.4 Å². The SMILES string of the molecule is COC(=O)c1ccc(NC(=O)c2ccc(Oc3ccc(C)cc3)cn2)cc1. The lowest BCUT2D eigenvalue weighted by atomic mass is 10.2. The van der Waals surface area contributed by atoms with Crippen molar-refractivity contribution in [1.82, 2.24) is 4.98 Å². The van der Waals surface area contributed by atoms with Crippen molar-refractivity contribution >= 4 is 17.6 Å². The topological polar surface area (TPSA) is 77.5 Å². The number of carbonyl (C=O) groups excluding carboxylic acids is 2. The number of hydrogen-bond acceptors (Lipinski definition) is 5. The number of aryl methyl sites for hydroxylation is 1. The van der Waals surface area contributed by atoms with Crippen molar-refractivity contribution in [2.24, 2.45) is 0 Å². The van der Waals surface area contributed by atoms with Crippen LogP contribution in [0.25, 0.3) is 0 Å². The number of hydrogen-bond donors (Lipinski definition) is 1. The summed E-state index contributed by atoms with van der Waals surface area (Å²) in [5, 5.41) is 2.72. The number of pyridine rings is 1. The molecule has 0 radical (unpaired) electrons. The Morgan fingerprint density at radius 1 is 0.889 bits per heavy atom. The summed E-state index contributed by atoms with van der Waals surface area (Å²) in [4.78, 5) is 27.8. The third-order valence-electron chi connectivity index (χ3n) is 3.79. The number of aromatic nitrogens is 1. The van der Waals surface area contributed by atoms with E-state index in [-0.39, 0.29) is 11.6 Å². The maximum atomic E-state index is 12.3. The number of methoxy groups -OCH3 is 1. The first kappa shape index (κ1) is 18.1. The molecule has 27 heavy (non-hydrogen) atoms. The number of esters is 1. The lowest BCUT2D eigenvalue weighted by Crippen LogP contribution is -2.13. The number of nitrogens with zero attached hydrogens (tertiary/aromatic N) is 1. The zero-order valence-electron chi connectivity index (χ0n) is 14.9. The highest BCUT2D eigenvalue weighted by atomic mass is 16.5. The molecule has 0 saturated heterocycles. The van der Waals surface area contributed by atoms with Crippen LogP contribution in [-0.2, 0) is 4.74 Å². The lowest BCUT2D eigenvalue weighted by molar-refractivity contribution is 0.0600. The zero-order chi connectivity index (χ0) is 19.2. The van der Waals surface area contributed by atoms with Crippen LogP contribution in [0.4, 0.5) is 5.69 Å². The Bertz CT molecular complexity index is 933. The minimum absolute atomic E-state index is 0.253. The van der Waals surface area contributed by atoms with Crippen LogP contribution in [0.2, 0.25) is 0 Å². The molecule has 1 heterocycles. The van der Waals surface area contributed by atoms with Crippen LogP contribution in [0.5, 0.6) is 11.5 Å². The van der Waals surface area contributed by atoms with Crippen LogP contribution in [0.1, 0.15) is 26.4 Å². The van der Waals surface area contributed by atoms with E-state index in [4.69, 9.17) is 4.74 Å². The predicted molar refractivity (Wildman–Crippen MR) is 101 cm³/mol. The normalized spacial score (nSPS) is 10.1. The van der Waals surface area contributed by atoms with Gasteiger partial charge in [0.2, 0.25) is 0 Å². The summed E-state index contributed by atoms with van der Waals surface area (Å²) in [5.41, 5.74) is 2.36. The van der Waals surface area contributed by atoms with Crippen LogP contribution < -0.4 is 10.1 Å². The van der Waals surface area contributed by atoms with E-state index in [1.54, 1.807) is 36.4 Å². The van der Waals surface area contributed by atoms with Crippen molar-refractivity contribution in [3.05, 3.63) is 83.7 Å². The van der Waals surface area contributed by atoms with E-state index in [9.17, 15) is 9.59 Å². The first-order chi connectivity index (χ1) is 13.0. The van der Waals surface area contributed by atoms with Crippen LogP contribution in [0.3, 0.4) is 0 Å². The Morgan fingerprint density at radius 3 is 2.15 bits per heavy atom. The fourth-order valence-corrected chi connectivity index (χ4v) is 2.32. The summed E-state index contributed by atoms with van der Waals surface area (Å²) in [7, 11) is 1.32. The van der Waals surface area contributed by atoms with Gasteiger partial charge in [-0.15, -0.1) is 0 Å². The van der Waals surface area contributed by atoms with E-state index >= 15 is 0 Å². The third kappa shape index (κ3) is 4.70. The van der Waals surface area contributed by atoms with Gasteiger partial charge in [-0.1, -0.05) is 17.7 Å². The fourth-order valence-electron chi connectivity index (χ4n) is 2.32. The molecule has 0 bridgehead atoms. The molecule has 1 amide bonds. The van der Waals surface area contributed by atoms with Crippen LogP contribution in [0.15, 0.2) is 66.9 Å². The first-order valence-electron chi connectivity index (χ1n) is 8.25. The highest BCUT2D eigenvalue weighted by Crippen LogP contribution is 2.21. The van der Waals surface area contributed by atoms with Crippen molar-refractivity contribution in [1.29, 1.82) is 0 Å². The van der Waals surface area contributed by atoms with E-state index < -0.39 is 5.97 Å². The average Bonchev–Trinajstić information content (AvgIpc) is 2.70. The Balaban J connectivity index is 1.63. The molecule has 0 atom stereocenters. The minimum atomic E-state index is -0.432. The number of benzene rings is 2. The molecule has 3 rings (SSSR count). The Morgan fingerprint density at radius 2 is 1.56 bits per heavy atom. The van der Waals surface area contributed by atoms with Gasteiger partial charge in [0.1, 0.15) is 17.2 Å². The quantitative estimate of drug-likeness (QED) is 0.688. The number of nitrogens with one attached hydrogen (secondary N) is 1. The standard InChI is InChI=1S/C21H18N2O4/c1-14-3-9-17(10-4-14)27-18-11-12-19(22-13-18)20(24)23-16-7-5-15(6-8-16)21(25)26-2/h3-13H,1-2H3,(H,23,24). The molecule has 0 aliphatic carbocycles. The third-order valence-corrected chi connectivity index (χ3v) is 3.79. The summed E-state index contributed by atoms with van der Waals surface area (Å²) in [6.07, 6.45) is 1.50. The molecule has 6 nitrogen and oxygen atoms in total. The van der Waals surface area contributed by atoms with E-state index in [1.165, 1.54) is 13.3 Å². The van der Waals surface area contributed by atoms with Gasteiger partial charge in [-0.2, -0.15) is 0 Å². The summed E-state index contributed by atoms with van der Waals surface area (Å²) >= 11 is 0. The largest absolute Gasteiger partial charge is 0.465 e. The maximum Gasteiger partial charge on any atom is 0.337 e. The van der Waals surface area contributed by atoms with Crippen molar-refractivity contribution in [3.63, 3.8) is 0 Å². The second-order valence-electron chi connectivity index (χ2n) is 5.82. The minimum Gasteiger partial charge on any atom is -0.465 e. The molecular formula is C21H18N2O4. The Kier molecular flexibility index (Phi) is 5.47. The number of carbonyl (C=O) groups is 2. The van der Waals surface area contributed by atoms with Gasteiger partial charge in [0.15, 0.2) is 0 Å². The number of ether oxygens (including phenoxy) is 2. The van der Waals surface area contributed by atoms with Gasteiger partial charge in [-0.25, -0.2) is 9.78 Å². The van der Waals surface area contributed by atoms with Gasteiger partial charge in [-0.3, -0.25) is 4.79 Å². The highest BCUT2D eigenvalue weighted by molar-refractivity contribution is 6.03. The van der Waals surface area contributed by atoms with E-state index in [0.29, 0.717) is 22.7 Å². The van der Waals surface area contributed by atoms with Crippen molar-refractivity contribution < 1.29 is 19.1 Å². The number of anilines is 1. The molecule has 1 N–H and O–H groups in total. The molecule has 0 spiro atoms. The average molecular weight is 362 g/mol. The molecule has 0 aliphatic rings. The van der Waals surface area contributed by atoms with Gasteiger partial charge in [0, 0.05) is 5.69 Å². The molecule has 2 aromatic carbocycles. The summed E-state index contributed by atoms with van der Waals surface area (Å²) in [6.45, 7) is 2.00. The Labute approximate surface area is 156 Å². The highest BCUT2D eigenvalue weighted by Gasteiger charge is 2.10. The molecule has 3 aromatic rings. The van der Waals surface area contributed by atoms with E-state index in [0.717, 1.165) is 5.56 Å². The maximum absolute atomic E-state index is 12.3. The van der Waals surface area contributed by atoms with Gasteiger partial charge in [0.05, 0.1) is 18.9 Å². The molecule has 136 valence electrons. The van der Waals surface area contributed by atoms with Crippen LogP contribution in [0, 0.1) is 6.92 Å². The molecular weight excluding hydrogens is 344 g/mol. The molecule has 0 fully saturated rings. The fraction of sp³-hybridized carbons (Fsp3) is 0.0952. The van der Waals surface area contributed by atoms with Gasteiger partial charge < -0.3 is 14.8 Å². The summed E-state index contributed by atoms with van der Waals surface area (Å²) < 4.78 is 10.3. The second-order valence-corrected chi connectivity index (χ2v) is 5.82. The van der Waals surface area contributed by atoms with Crippen LogP contribution >= 0.6 is 0 Å². The Hall–Kier alpha value is -3.67. The van der Waals surface area contributed by atoms with Crippen LogP contribution in [-0.4, -0.2) is 24.0 Å². The van der Waals surface area contributed by atoms with Gasteiger partial charge in [-0.05, 0) is 55.5 Å². The van der Waals surface area contributed by atoms with Crippen molar-refractivity contribution in [3.8, 4) is 11.5 Å². The van der Waals surface area contributed by atoms with Crippen molar-refractivity contribution in [2.45, 2.75) is 6.92 Å². The monoisotopic (exact) mass is 362 g/mol.